The van der Waals surface area contributed by atoms with Crippen molar-refractivity contribution >= 4 is 38.8 Å². The van der Waals surface area contributed by atoms with E-state index in [0.717, 1.165) is 23.3 Å². The van der Waals surface area contributed by atoms with Crippen molar-refractivity contribution in [2.45, 2.75) is 40.0 Å². The van der Waals surface area contributed by atoms with Gasteiger partial charge in [-0.15, -0.1) is 11.3 Å². The molecule has 0 aliphatic heterocycles. The van der Waals surface area contributed by atoms with Gasteiger partial charge in [0.15, 0.2) is 0 Å². The molecule has 3 nitrogen and oxygen atoms in total. The minimum absolute atomic E-state index is 0.0760. The lowest BCUT2D eigenvalue weighted by Gasteiger charge is -2.27. The Morgan fingerprint density at radius 3 is 2.37 bits per heavy atom. The van der Waals surface area contributed by atoms with Crippen LogP contribution in [0.2, 0.25) is 5.15 Å². The molecular weight excluding hydrogens is 278 g/mol. The molecule has 0 bridgehead atoms. The highest BCUT2D eigenvalue weighted by atomic mass is 35.5. The van der Waals surface area contributed by atoms with Crippen LogP contribution in [0.1, 0.15) is 39.5 Å². The van der Waals surface area contributed by atoms with E-state index in [0.29, 0.717) is 5.15 Å². The Bertz CT molecular complexity index is 582. The van der Waals surface area contributed by atoms with Crippen LogP contribution in [0.5, 0.6) is 0 Å². The van der Waals surface area contributed by atoms with E-state index >= 15 is 0 Å². The van der Waals surface area contributed by atoms with Gasteiger partial charge in [-0.3, -0.25) is 0 Å². The zero-order chi connectivity index (χ0) is 14.2. The summed E-state index contributed by atoms with van der Waals surface area (Å²) >= 11 is 8.04. The summed E-state index contributed by atoms with van der Waals surface area (Å²) in [6.07, 6.45) is 1.54. The highest BCUT2D eigenvalue weighted by Gasteiger charge is 2.27. The molecule has 19 heavy (non-hydrogen) atoms. The van der Waals surface area contributed by atoms with Crippen molar-refractivity contribution in [1.29, 1.82) is 0 Å². The van der Waals surface area contributed by atoms with E-state index in [2.05, 4.69) is 49.5 Å². The molecule has 0 saturated heterocycles. The van der Waals surface area contributed by atoms with E-state index < -0.39 is 0 Å². The average Bonchev–Trinajstić information content (AvgIpc) is 2.72. The Kier molecular flexibility index (Phi) is 4.02. The number of nitrogens with zero attached hydrogens (tertiary/aromatic N) is 3. The third kappa shape index (κ3) is 2.56. The van der Waals surface area contributed by atoms with E-state index in [1.807, 2.05) is 0 Å². The number of fused-ring (bicyclic) bond motifs is 1. The first-order valence-electron chi connectivity index (χ1n) is 6.58. The fourth-order valence-corrected chi connectivity index (χ4v) is 3.74. The van der Waals surface area contributed by atoms with E-state index in [1.54, 1.807) is 17.7 Å². The molecule has 2 rings (SSSR count). The second-order valence-electron chi connectivity index (χ2n) is 5.55. The number of thiophene rings is 1. The molecular formula is C14H20ClN3S. The number of rotatable bonds is 3. The maximum absolute atomic E-state index is 6.31. The third-order valence-corrected chi connectivity index (χ3v) is 4.98. The van der Waals surface area contributed by atoms with E-state index in [9.17, 15) is 0 Å². The number of anilines is 1. The SMILES string of the molecule is CCN(CC)c1c(C(C)(C)C)sc2ncnc(Cl)c12. The smallest absolute Gasteiger partial charge is 0.143 e. The molecule has 2 aromatic rings. The van der Waals surface area contributed by atoms with Crippen molar-refractivity contribution in [3.05, 3.63) is 16.4 Å². The van der Waals surface area contributed by atoms with Gasteiger partial charge in [0.2, 0.25) is 0 Å². The standard InChI is InChI=1S/C14H20ClN3S/c1-6-18(7-2)10-9-12(15)16-8-17-13(9)19-11(10)14(3,4)5/h8H,6-7H2,1-5H3. The van der Waals surface area contributed by atoms with Crippen molar-refractivity contribution in [3.63, 3.8) is 0 Å². The normalized spacial score (nSPS) is 12.1. The number of hydrogen-bond donors (Lipinski definition) is 0. The van der Waals surface area contributed by atoms with Gasteiger partial charge in [0.25, 0.3) is 0 Å². The van der Waals surface area contributed by atoms with Crippen LogP contribution in [0.25, 0.3) is 10.2 Å². The molecule has 0 unspecified atom stereocenters. The first kappa shape index (κ1) is 14.5. The molecule has 0 amide bonds. The Hall–Kier alpha value is -0.870. The molecule has 0 saturated carbocycles. The second kappa shape index (κ2) is 5.25. The first-order chi connectivity index (χ1) is 8.90. The van der Waals surface area contributed by atoms with Crippen LogP contribution in [-0.4, -0.2) is 23.1 Å². The summed E-state index contributed by atoms with van der Waals surface area (Å²) in [6.45, 7) is 12.9. The minimum atomic E-state index is 0.0760. The molecule has 0 aliphatic rings. The second-order valence-corrected chi connectivity index (χ2v) is 6.90. The summed E-state index contributed by atoms with van der Waals surface area (Å²) in [6, 6.07) is 0. The van der Waals surface area contributed by atoms with Crippen LogP contribution in [0.3, 0.4) is 0 Å². The molecule has 0 fully saturated rings. The van der Waals surface area contributed by atoms with E-state index in [-0.39, 0.29) is 5.41 Å². The van der Waals surface area contributed by atoms with Crippen LogP contribution in [0.15, 0.2) is 6.33 Å². The zero-order valence-electron chi connectivity index (χ0n) is 12.1. The fourth-order valence-electron chi connectivity index (χ4n) is 2.23. The maximum Gasteiger partial charge on any atom is 0.143 e. The highest BCUT2D eigenvalue weighted by molar-refractivity contribution is 7.19. The van der Waals surface area contributed by atoms with Crippen LogP contribution >= 0.6 is 22.9 Å². The summed E-state index contributed by atoms with van der Waals surface area (Å²) in [5.41, 5.74) is 1.29. The summed E-state index contributed by atoms with van der Waals surface area (Å²) in [7, 11) is 0. The van der Waals surface area contributed by atoms with Crippen molar-refractivity contribution in [3.8, 4) is 0 Å². The maximum atomic E-state index is 6.31. The summed E-state index contributed by atoms with van der Waals surface area (Å²) in [5, 5.41) is 1.56. The molecule has 5 heteroatoms. The molecule has 0 atom stereocenters. The number of hydrogen-bond acceptors (Lipinski definition) is 4. The van der Waals surface area contributed by atoms with Crippen molar-refractivity contribution in [2.75, 3.05) is 18.0 Å². The average molecular weight is 298 g/mol. The van der Waals surface area contributed by atoms with Crippen LogP contribution in [0.4, 0.5) is 5.69 Å². The Morgan fingerprint density at radius 2 is 1.84 bits per heavy atom. The zero-order valence-corrected chi connectivity index (χ0v) is 13.7. The van der Waals surface area contributed by atoms with Gasteiger partial charge in [0.05, 0.1) is 11.1 Å². The van der Waals surface area contributed by atoms with Gasteiger partial charge >= 0.3 is 0 Å². The van der Waals surface area contributed by atoms with Gasteiger partial charge in [-0.2, -0.15) is 0 Å². The molecule has 0 radical (unpaired) electrons. The molecule has 2 heterocycles. The van der Waals surface area contributed by atoms with E-state index in [1.165, 1.54) is 10.6 Å². The Labute approximate surface area is 123 Å². The van der Waals surface area contributed by atoms with Gasteiger partial charge in [0.1, 0.15) is 16.3 Å². The third-order valence-electron chi connectivity index (χ3n) is 3.18. The number of aromatic nitrogens is 2. The van der Waals surface area contributed by atoms with Gasteiger partial charge in [-0.05, 0) is 19.3 Å². The largest absolute Gasteiger partial charge is 0.371 e. The Morgan fingerprint density at radius 1 is 1.21 bits per heavy atom. The fraction of sp³-hybridized carbons (Fsp3) is 0.571. The molecule has 0 spiro atoms. The predicted molar refractivity (Wildman–Crippen MR) is 84.7 cm³/mol. The van der Waals surface area contributed by atoms with Crippen molar-refractivity contribution in [1.82, 2.24) is 9.97 Å². The predicted octanol–water partition coefficient (Wildman–Crippen LogP) is 4.49. The first-order valence-corrected chi connectivity index (χ1v) is 7.78. The lowest BCUT2D eigenvalue weighted by Crippen LogP contribution is -2.25. The quantitative estimate of drug-likeness (QED) is 0.782. The van der Waals surface area contributed by atoms with Crippen molar-refractivity contribution in [2.24, 2.45) is 0 Å². The van der Waals surface area contributed by atoms with Crippen LogP contribution < -0.4 is 4.90 Å². The number of halogens is 1. The van der Waals surface area contributed by atoms with Crippen LogP contribution in [-0.2, 0) is 5.41 Å². The van der Waals surface area contributed by atoms with Crippen LogP contribution in [0, 0.1) is 0 Å². The summed E-state index contributed by atoms with van der Waals surface area (Å²) in [4.78, 5) is 13.2. The van der Waals surface area contributed by atoms with Gasteiger partial charge < -0.3 is 4.90 Å². The molecule has 0 aliphatic carbocycles. The van der Waals surface area contributed by atoms with Gasteiger partial charge in [0, 0.05) is 18.0 Å². The highest BCUT2D eigenvalue weighted by Crippen LogP contribution is 2.45. The molecule has 104 valence electrons. The summed E-state index contributed by atoms with van der Waals surface area (Å²) < 4.78 is 0. The topological polar surface area (TPSA) is 29.0 Å². The van der Waals surface area contributed by atoms with Crippen molar-refractivity contribution < 1.29 is 0 Å². The molecule has 0 N–H and O–H groups in total. The lowest BCUT2D eigenvalue weighted by atomic mass is 9.92. The monoisotopic (exact) mass is 297 g/mol. The minimum Gasteiger partial charge on any atom is -0.371 e. The Balaban J connectivity index is 2.81. The molecule has 0 aromatic carbocycles. The van der Waals surface area contributed by atoms with E-state index in [4.69, 9.17) is 11.6 Å². The lowest BCUT2D eigenvalue weighted by molar-refractivity contribution is 0.602. The van der Waals surface area contributed by atoms with Gasteiger partial charge in [-0.1, -0.05) is 32.4 Å². The van der Waals surface area contributed by atoms with Gasteiger partial charge in [-0.25, -0.2) is 9.97 Å². The molecule has 2 aromatic heterocycles. The summed E-state index contributed by atoms with van der Waals surface area (Å²) in [5.74, 6) is 0.